The summed E-state index contributed by atoms with van der Waals surface area (Å²) in [6.45, 7) is 2.21. The molecule has 0 aliphatic heterocycles. The number of hydrogen-bond acceptors (Lipinski definition) is 1. The summed E-state index contributed by atoms with van der Waals surface area (Å²) >= 11 is 0. The summed E-state index contributed by atoms with van der Waals surface area (Å²) in [7, 11) is 0. The molecule has 1 unspecified atom stereocenters. The highest BCUT2D eigenvalue weighted by molar-refractivity contribution is 5.18. The molecule has 0 fully saturated rings. The fourth-order valence-corrected chi connectivity index (χ4v) is 1.48. The molecular weight excluding hydrogens is 170 g/mol. The maximum absolute atomic E-state index is 6.05. The van der Waals surface area contributed by atoms with Gasteiger partial charge in [-0.25, -0.2) is 0 Å². The van der Waals surface area contributed by atoms with E-state index in [1.165, 1.54) is 24.8 Å². The first-order valence-electron chi connectivity index (χ1n) is 5.46. The van der Waals surface area contributed by atoms with Crippen LogP contribution in [0.1, 0.15) is 44.2 Å². The van der Waals surface area contributed by atoms with Crippen LogP contribution in [0.15, 0.2) is 30.3 Å². The zero-order chi connectivity index (χ0) is 10.2. The fraction of sp³-hybridized carbons (Fsp3) is 0.462. The van der Waals surface area contributed by atoms with Crippen molar-refractivity contribution in [2.45, 2.75) is 38.6 Å². The predicted octanol–water partition coefficient (Wildman–Crippen LogP) is 3.47. The van der Waals surface area contributed by atoms with Crippen LogP contribution in [0.5, 0.6) is 0 Å². The Bertz CT molecular complexity index is 230. The topological polar surface area (TPSA) is 26.0 Å². The van der Waals surface area contributed by atoms with Crippen molar-refractivity contribution < 1.29 is 0 Å². The number of benzene rings is 1. The van der Waals surface area contributed by atoms with Crippen molar-refractivity contribution in [3.05, 3.63) is 42.3 Å². The maximum Gasteiger partial charge on any atom is 0.0297 e. The molecule has 0 saturated carbocycles. The third-order valence-corrected chi connectivity index (χ3v) is 2.41. The molecule has 1 atom stereocenters. The van der Waals surface area contributed by atoms with Gasteiger partial charge in [-0.1, -0.05) is 56.5 Å². The highest BCUT2D eigenvalue weighted by Gasteiger charge is 2.03. The van der Waals surface area contributed by atoms with E-state index in [-0.39, 0.29) is 6.04 Å². The minimum atomic E-state index is 0.174. The minimum absolute atomic E-state index is 0.174. The minimum Gasteiger partial charge on any atom is -0.324 e. The molecule has 2 N–H and O–H groups in total. The number of hydrogen-bond donors (Lipinski definition) is 1. The summed E-state index contributed by atoms with van der Waals surface area (Å²) < 4.78 is 0. The van der Waals surface area contributed by atoms with Crippen LogP contribution >= 0.6 is 0 Å². The van der Waals surface area contributed by atoms with Crippen molar-refractivity contribution in [1.82, 2.24) is 0 Å². The van der Waals surface area contributed by atoms with Crippen molar-refractivity contribution in [3.8, 4) is 0 Å². The normalized spacial score (nSPS) is 12.7. The molecule has 1 nitrogen and oxygen atoms in total. The Kier molecular flexibility index (Phi) is 5.31. The van der Waals surface area contributed by atoms with Crippen LogP contribution in [-0.2, 0) is 0 Å². The molecule has 0 heterocycles. The van der Waals surface area contributed by atoms with E-state index in [9.17, 15) is 0 Å². The molecule has 14 heavy (non-hydrogen) atoms. The van der Waals surface area contributed by atoms with Crippen molar-refractivity contribution >= 4 is 0 Å². The Balaban J connectivity index is 2.25. The van der Waals surface area contributed by atoms with Gasteiger partial charge < -0.3 is 5.73 Å². The molecule has 0 aliphatic rings. The maximum atomic E-state index is 6.05. The van der Waals surface area contributed by atoms with Crippen LogP contribution in [0.3, 0.4) is 0 Å². The van der Waals surface area contributed by atoms with Crippen molar-refractivity contribution in [2.24, 2.45) is 5.73 Å². The van der Waals surface area contributed by atoms with E-state index in [1.807, 2.05) is 18.2 Å². The van der Waals surface area contributed by atoms with Gasteiger partial charge >= 0.3 is 0 Å². The molecule has 0 saturated heterocycles. The predicted molar refractivity (Wildman–Crippen MR) is 61.8 cm³/mol. The molecule has 0 amide bonds. The Labute approximate surface area is 87.3 Å². The van der Waals surface area contributed by atoms with Gasteiger partial charge in [0.15, 0.2) is 0 Å². The second-order valence-corrected chi connectivity index (χ2v) is 3.68. The average molecular weight is 190 g/mol. The van der Waals surface area contributed by atoms with E-state index >= 15 is 0 Å². The van der Waals surface area contributed by atoms with Crippen molar-refractivity contribution in [3.63, 3.8) is 0 Å². The van der Waals surface area contributed by atoms with Crippen LogP contribution in [0.4, 0.5) is 0 Å². The first kappa shape index (κ1) is 11.3. The van der Waals surface area contributed by atoms with E-state index in [0.29, 0.717) is 0 Å². The smallest absolute Gasteiger partial charge is 0.0297 e. The van der Waals surface area contributed by atoms with Crippen LogP contribution in [0.2, 0.25) is 0 Å². The molecule has 77 valence electrons. The van der Waals surface area contributed by atoms with Gasteiger partial charge in [-0.2, -0.15) is 0 Å². The molecule has 1 heteroatoms. The highest BCUT2D eigenvalue weighted by atomic mass is 14.6. The van der Waals surface area contributed by atoms with E-state index in [2.05, 4.69) is 25.5 Å². The van der Waals surface area contributed by atoms with Crippen LogP contribution < -0.4 is 5.73 Å². The lowest BCUT2D eigenvalue weighted by atomic mass is 10.0. The summed E-state index contributed by atoms with van der Waals surface area (Å²) in [5, 5.41) is 0. The van der Waals surface area contributed by atoms with Gasteiger partial charge in [0.25, 0.3) is 0 Å². The van der Waals surface area contributed by atoms with Gasteiger partial charge in [-0.05, 0) is 18.4 Å². The van der Waals surface area contributed by atoms with Gasteiger partial charge in [-0.15, -0.1) is 0 Å². The average Bonchev–Trinajstić information content (AvgIpc) is 2.25. The van der Waals surface area contributed by atoms with Crippen LogP contribution in [-0.4, -0.2) is 0 Å². The van der Waals surface area contributed by atoms with Crippen molar-refractivity contribution in [2.75, 3.05) is 0 Å². The molecule has 1 rings (SSSR count). The second-order valence-electron chi connectivity index (χ2n) is 3.68. The van der Waals surface area contributed by atoms with Crippen molar-refractivity contribution in [1.29, 1.82) is 0 Å². The van der Waals surface area contributed by atoms with Crippen LogP contribution in [0, 0.1) is 6.42 Å². The summed E-state index contributed by atoms with van der Waals surface area (Å²) in [5.74, 6) is 0. The number of rotatable bonds is 6. The zero-order valence-electron chi connectivity index (χ0n) is 8.95. The fourth-order valence-electron chi connectivity index (χ4n) is 1.48. The van der Waals surface area contributed by atoms with Crippen LogP contribution in [0.25, 0.3) is 0 Å². The first-order chi connectivity index (χ1) is 6.84. The second kappa shape index (κ2) is 6.61. The van der Waals surface area contributed by atoms with E-state index in [4.69, 9.17) is 5.73 Å². The Morgan fingerprint density at radius 1 is 1.29 bits per heavy atom. The molecule has 1 aromatic rings. The van der Waals surface area contributed by atoms with Gasteiger partial charge in [0.05, 0.1) is 0 Å². The molecule has 1 radical (unpaired) electrons. The third-order valence-electron chi connectivity index (χ3n) is 2.41. The number of unbranched alkanes of at least 4 members (excludes halogenated alkanes) is 3. The Morgan fingerprint density at radius 2 is 2.00 bits per heavy atom. The lowest BCUT2D eigenvalue weighted by Gasteiger charge is -2.10. The van der Waals surface area contributed by atoms with Gasteiger partial charge in [0.1, 0.15) is 0 Å². The Hall–Kier alpha value is -0.820. The summed E-state index contributed by atoms with van der Waals surface area (Å²) in [6.07, 6.45) is 7.03. The quantitative estimate of drug-likeness (QED) is 0.683. The highest BCUT2D eigenvalue weighted by Crippen LogP contribution is 2.16. The summed E-state index contributed by atoms with van der Waals surface area (Å²) in [5.41, 5.74) is 7.28. The summed E-state index contributed by atoms with van der Waals surface area (Å²) in [4.78, 5) is 0. The molecule has 1 aromatic carbocycles. The largest absolute Gasteiger partial charge is 0.324 e. The molecule has 0 aliphatic carbocycles. The molecule has 0 aromatic heterocycles. The number of nitrogens with two attached hydrogens (primary N) is 1. The monoisotopic (exact) mass is 190 g/mol. The summed E-state index contributed by atoms with van der Waals surface area (Å²) in [6, 6.07) is 10.5. The lowest BCUT2D eigenvalue weighted by molar-refractivity contribution is 0.663. The van der Waals surface area contributed by atoms with E-state index in [1.54, 1.807) is 0 Å². The molecular formula is C13H20N. The SMILES string of the molecule is CCCC[CH]CC(N)c1ccccc1. The molecule has 0 bridgehead atoms. The van der Waals surface area contributed by atoms with Gasteiger partial charge in [0.2, 0.25) is 0 Å². The molecule has 0 spiro atoms. The standard InChI is InChI=1S/C13H20N/c1-2-3-4-8-11-13(14)12-9-6-5-7-10-12/h5-10,13H,2-4,11,14H2,1H3. The zero-order valence-corrected chi connectivity index (χ0v) is 8.95. The Morgan fingerprint density at radius 3 is 2.64 bits per heavy atom. The van der Waals surface area contributed by atoms with Gasteiger partial charge in [-0.3, -0.25) is 0 Å². The lowest BCUT2D eigenvalue weighted by Crippen LogP contribution is -2.09. The third kappa shape index (κ3) is 3.93. The van der Waals surface area contributed by atoms with E-state index < -0.39 is 0 Å². The first-order valence-corrected chi connectivity index (χ1v) is 5.46. The van der Waals surface area contributed by atoms with E-state index in [0.717, 1.165) is 6.42 Å². The van der Waals surface area contributed by atoms with Gasteiger partial charge in [0, 0.05) is 6.04 Å².